The molecule has 0 radical (unpaired) electrons. The number of hydrogen-bond acceptors (Lipinski definition) is 4. The zero-order chi connectivity index (χ0) is 21.6. The summed E-state index contributed by atoms with van der Waals surface area (Å²) in [5, 5.41) is 8.88. The Morgan fingerprint density at radius 2 is 1.48 bits per heavy atom. The number of imidazole rings is 1. The van der Waals surface area contributed by atoms with E-state index >= 15 is 0 Å². The number of nitrogens with one attached hydrogen (secondary N) is 3. The summed E-state index contributed by atoms with van der Waals surface area (Å²) in [5.74, 6) is -0.358. The van der Waals surface area contributed by atoms with Crippen LogP contribution in [0.3, 0.4) is 0 Å². The fourth-order valence-electron chi connectivity index (χ4n) is 3.08. The molecule has 4 aromatic rings. The molecule has 154 valence electrons. The van der Waals surface area contributed by atoms with Gasteiger partial charge in [0.15, 0.2) is 0 Å². The van der Waals surface area contributed by atoms with Gasteiger partial charge in [0.1, 0.15) is 0 Å². The molecule has 0 unspecified atom stereocenters. The van der Waals surface area contributed by atoms with E-state index in [4.69, 9.17) is 0 Å². The van der Waals surface area contributed by atoms with Crippen molar-refractivity contribution in [3.63, 3.8) is 0 Å². The van der Waals surface area contributed by atoms with E-state index in [1.165, 1.54) is 6.92 Å². The van der Waals surface area contributed by atoms with Crippen molar-refractivity contribution < 1.29 is 9.59 Å². The summed E-state index contributed by atoms with van der Waals surface area (Å²) in [5.41, 5.74) is 4.59. The number of aromatic nitrogens is 2. The van der Waals surface area contributed by atoms with Crippen LogP contribution in [0.15, 0.2) is 91.5 Å². The number of nitrogens with zero attached hydrogens (tertiary/aromatic N) is 2. The summed E-state index contributed by atoms with van der Waals surface area (Å²) in [6.07, 6.45) is 5.37. The monoisotopic (exact) mass is 411 g/mol. The highest BCUT2D eigenvalue weighted by molar-refractivity contribution is 6.05. The van der Waals surface area contributed by atoms with E-state index < -0.39 is 0 Å². The first-order valence-corrected chi connectivity index (χ1v) is 9.71. The van der Waals surface area contributed by atoms with E-state index in [1.807, 2.05) is 47.2 Å². The lowest BCUT2D eigenvalue weighted by Gasteiger charge is -2.10. The van der Waals surface area contributed by atoms with Crippen molar-refractivity contribution in [3.8, 4) is 5.69 Å². The molecule has 1 aromatic heterocycles. The van der Waals surface area contributed by atoms with Crippen LogP contribution in [0.2, 0.25) is 0 Å². The van der Waals surface area contributed by atoms with Crippen LogP contribution in [0, 0.1) is 0 Å². The maximum atomic E-state index is 12.6. The zero-order valence-corrected chi connectivity index (χ0v) is 16.9. The van der Waals surface area contributed by atoms with E-state index in [0.29, 0.717) is 16.9 Å². The maximum Gasteiger partial charge on any atom is 0.255 e. The Bertz CT molecular complexity index is 1180. The molecule has 0 bridgehead atoms. The Kier molecular flexibility index (Phi) is 5.75. The molecule has 1 heterocycles. The van der Waals surface area contributed by atoms with Crippen molar-refractivity contribution in [2.24, 2.45) is 0 Å². The number of amides is 2. The second-order valence-corrected chi connectivity index (χ2v) is 6.94. The molecule has 3 N–H and O–H groups in total. The molecule has 0 fully saturated rings. The van der Waals surface area contributed by atoms with E-state index in [-0.39, 0.29) is 11.8 Å². The highest BCUT2D eigenvalue weighted by atomic mass is 16.2. The topological polar surface area (TPSA) is 88.0 Å². The summed E-state index contributed by atoms with van der Waals surface area (Å²) in [4.78, 5) is 27.8. The zero-order valence-electron chi connectivity index (χ0n) is 16.9. The van der Waals surface area contributed by atoms with Gasteiger partial charge in [-0.2, -0.15) is 0 Å². The molecular formula is C24H21N5O2. The predicted molar refractivity (Wildman–Crippen MR) is 122 cm³/mol. The molecule has 0 saturated carbocycles. The summed E-state index contributed by atoms with van der Waals surface area (Å²) in [6.45, 7) is 1.45. The van der Waals surface area contributed by atoms with Gasteiger partial charge in [-0.05, 0) is 66.7 Å². The van der Waals surface area contributed by atoms with Crippen LogP contribution in [0.4, 0.5) is 22.7 Å². The summed E-state index contributed by atoms with van der Waals surface area (Å²) in [7, 11) is 0. The fourth-order valence-corrected chi connectivity index (χ4v) is 3.08. The molecule has 0 aliphatic heterocycles. The average Bonchev–Trinajstić information content (AvgIpc) is 3.30. The number of carbonyl (C=O) groups is 2. The third kappa shape index (κ3) is 5.16. The number of rotatable bonds is 6. The largest absolute Gasteiger partial charge is 0.356 e. The Morgan fingerprint density at radius 3 is 2.13 bits per heavy atom. The molecular weight excluding hydrogens is 390 g/mol. The molecule has 0 saturated heterocycles. The predicted octanol–water partition coefficient (Wildman–Crippen LogP) is 4.83. The summed E-state index contributed by atoms with van der Waals surface area (Å²) < 4.78 is 1.93. The van der Waals surface area contributed by atoms with Gasteiger partial charge in [0, 0.05) is 53.3 Å². The number of anilines is 4. The smallest absolute Gasteiger partial charge is 0.255 e. The van der Waals surface area contributed by atoms with Gasteiger partial charge in [0.25, 0.3) is 5.91 Å². The normalized spacial score (nSPS) is 10.4. The summed E-state index contributed by atoms with van der Waals surface area (Å²) in [6, 6.07) is 22.2. The SMILES string of the molecule is CC(=O)Nc1ccc(NC(=O)c2cccc(Nc3ccc(-n4ccnc4)cc3)c2)cc1. The van der Waals surface area contributed by atoms with Crippen molar-refractivity contribution in [2.75, 3.05) is 16.0 Å². The van der Waals surface area contributed by atoms with Crippen LogP contribution < -0.4 is 16.0 Å². The minimum atomic E-state index is -0.216. The minimum absolute atomic E-state index is 0.141. The van der Waals surface area contributed by atoms with Crippen molar-refractivity contribution in [1.82, 2.24) is 9.55 Å². The van der Waals surface area contributed by atoms with E-state index in [9.17, 15) is 9.59 Å². The first kappa shape index (κ1) is 19.9. The second kappa shape index (κ2) is 8.96. The highest BCUT2D eigenvalue weighted by Crippen LogP contribution is 2.21. The fraction of sp³-hybridized carbons (Fsp3) is 0.0417. The van der Waals surface area contributed by atoms with Crippen LogP contribution in [0.25, 0.3) is 5.69 Å². The van der Waals surface area contributed by atoms with Crippen LogP contribution in [0.1, 0.15) is 17.3 Å². The number of benzene rings is 3. The molecule has 2 amide bonds. The van der Waals surface area contributed by atoms with Crippen molar-refractivity contribution in [1.29, 1.82) is 0 Å². The molecule has 7 nitrogen and oxygen atoms in total. The van der Waals surface area contributed by atoms with Crippen LogP contribution >= 0.6 is 0 Å². The third-order valence-electron chi connectivity index (χ3n) is 4.55. The maximum absolute atomic E-state index is 12.6. The highest BCUT2D eigenvalue weighted by Gasteiger charge is 2.08. The van der Waals surface area contributed by atoms with Gasteiger partial charge in [0.2, 0.25) is 5.91 Å². The Hall–Kier alpha value is -4.39. The molecule has 3 aromatic carbocycles. The van der Waals surface area contributed by atoms with Gasteiger partial charge in [-0.1, -0.05) is 6.07 Å². The Morgan fingerprint density at radius 1 is 0.806 bits per heavy atom. The van der Waals surface area contributed by atoms with E-state index in [1.54, 1.807) is 48.9 Å². The van der Waals surface area contributed by atoms with Gasteiger partial charge in [-0.25, -0.2) is 4.98 Å². The molecule has 0 spiro atoms. The molecule has 7 heteroatoms. The lowest BCUT2D eigenvalue weighted by atomic mass is 10.1. The van der Waals surface area contributed by atoms with Crippen molar-refractivity contribution in [3.05, 3.63) is 97.1 Å². The van der Waals surface area contributed by atoms with Gasteiger partial charge < -0.3 is 20.5 Å². The van der Waals surface area contributed by atoms with Crippen LogP contribution in [-0.2, 0) is 4.79 Å². The lowest BCUT2D eigenvalue weighted by molar-refractivity contribution is -0.114. The molecule has 0 aliphatic carbocycles. The van der Waals surface area contributed by atoms with Crippen LogP contribution in [-0.4, -0.2) is 21.4 Å². The third-order valence-corrected chi connectivity index (χ3v) is 4.55. The van der Waals surface area contributed by atoms with Gasteiger partial charge in [-0.15, -0.1) is 0 Å². The second-order valence-electron chi connectivity index (χ2n) is 6.94. The first-order chi connectivity index (χ1) is 15.1. The van der Waals surface area contributed by atoms with Crippen molar-refractivity contribution >= 4 is 34.6 Å². The molecule has 31 heavy (non-hydrogen) atoms. The quantitative estimate of drug-likeness (QED) is 0.424. The average molecular weight is 411 g/mol. The van der Waals surface area contributed by atoms with Gasteiger partial charge >= 0.3 is 0 Å². The minimum Gasteiger partial charge on any atom is -0.356 e. The number of hydrogen-bond donors (Lipinski definition) is 3. The van der Waals surface area contributed by atoms with Gasteiger partial charge in [-0.3, -0.25) is 9.59 Å². The lowest BCUT2D eigenvalue weighted by Crippen LogP contribution is -2.12. The van der Waals surface area contributed by atoms with E-state index in [0.717, 1.165) is 17.1 Å². The van der Waals surface area contributed by atoms with E-state index in [2.05, 4.69) is 20.9 Å². The molecule has 0 aliphatic rings. The van der Waals surface area contributed by atoms with Crippen LogP contribution in [0.5, 0.6) is 0 Å². The Balaban J connectivity index is 1.41. The van der Waals surface area contributed by atoms with Gasteiger partial charge in [0.05, 0.1) is 6.33 Å². The van der Waals surface area contributed by atoms with Crippen molar-refractivity contribution in [2.45, 2.75) is 6.92 Å². The summed E-state index contributed by atoms with van der Waals surface area (Å²) >= 11 is 0. The molecule has 4 rings (SSSR count). The Labute approximate surface area is 179 Å². The number of carbonyl (C=O) groups excluding carboxylic acids is 2. The first-order valence-electron chi connectivity index (χ1n) is 9.71. The molecule has 0 atom stereocenters. The standard InChI is InChI=1S/C24H21N5O2/c1-17(30)26-19-5-7-21(8-6-19)28-24(31)18-3-2-4-22(15-18)27-20-9-11-23(12-10-20)29-14-13-25-16-29/h2-16,27H,1H3,(H,26,30)(H,28,31).